The molecule has 1 N–H and O–H groups in total. The van der Waals surface area contributed by atoms with Crippen LogP contribution in [-0.4, -0.2) is 24.4 Å². The average molecular weight is 440 g/mol. The third kappa shape index (κ3) is 4.05. The topological polar surface area (TPSA) is 64.6 Å². The molecule has 0 amide bonds. The zero-order chi connectivity index (χ0) is 22.2. The quantitative estimate of drug-likeness (QED) is 0.551. The number of ether oxygens (including phenoxy) is 2. The lowest BCUT2D eigenvalue weighted by molar-refractivity contribution is -0.122. The molecule has 0 spiro atoms. The number of hydrogen-bond acceptors (Lipinski definition) is 6. The van der Waals surface area contributed by atoms with Gasteiger partial charge in [0.25, 0.3) is 0 Å². The van der Waals surface area contributed by atoms with E-state index in [9.17, 15) is 14.0 Å². The van der Waals surface area contributed by atoms with Crippen molar-refractivity contribution in [3.63, 3.8) is 0 Å². The summed E-state index contributed by atoms with van der Waals surface area (Å²) in [4.78, 5) is 25.7. The first-order valence-electron chi connectivity index (χ1n) is 9.81. The Balaban J connectivity index is 1.82. The van der Waals surface area contributed by atoms with Crippen LogP contribution in [-0.2, 0) is 22.6 Å². The van der Waals surface area contributed by atoms with Gasteiger partial charge < -0.3 is 14.8 Å². The van der Waals surface area contributed by atoms with E-state index in [2.05, 4.69) is 5.32 Å². The SMILES string of the molecule is COc1ccc(F)cc1-c1ccc2c(c1COC(=O)c1cccs1)CC(=O)C(C)(C)N2. The number of carbonyl (C=O) groups is 2. The van der Waals surface area contributed by atoms with Crippen molar-refractivity contribution >= 4 is 28.8 Å². The van der Waals surface area contributed by atoms with Crippen LogP contribution in [0, 0.1) is 5.82 Å². The maximum Gasteiger partial charge on any atom is 0.348 e. The molecule has 2 aromatic carbocycles. The first-order valence-corrected chi connectivity index (χ1v) is 10.7. The van der Waals surface area contributed by atoms with E-state index in [4.69, 9.17) is 9.47 Å². The van der Waals surface area contributed by atoms with Gasteiger partial charge in [0.1, 0.15) is 23.1 Å². The second-order valence-electron chi connectivity index (χ2n) is 7.87. The predicted octanol–water partition coefficient (Wildman–Crippen LogP) is 5.24. The summed E-state index contributed by atoms with van der Waals surface area (Å²) < 4.78 is 25.1. The molecule has 1 aliphatic heterocycles. The van der Waals surface area contributed by atoms with Crippen molar-refractivity contribution in [2.24, 2.45) is 0 Å². The number of halogens is 1. The van der Waals surface area contributed by atoms with Crippen LogP contribution in [0.4, 0.5) is 10.1 Å². The van der Waals surface area contributed by atoms with Gasteiger partial charge in [-0.2, -0.15) is 0 Å². The first-order chi connectivity index (χ1) is 14.8. The molecule has 1 aliphatic rings. The van der Waals surface area contributed by atoms with Crippen LogP contribution < -0.4 is 10.1 Å². The summed E-state index contributed by atoms with van der Waals surface area (Å²) in [5.41, 5.74) is 2.68. The van der Waals surface area contributed by atoms with E-state index in [-0.39, 0.29) is 18.8 Å². The van der Waals surface area contributed by atoms with E-state index in [0.717, 1.165) is 11.3 Å². The van der Waals surface area contributed by atoms with Crippen LogP contribution in [0.15, 0.2) is 47.8 Å². The normalized spacial score (nSPS) is 14.5. The average Bonchev–Trinajstić information content (AvgIpc) is 3.27. The van der Waals surface area contributed by atoms with E-state index < -0.39 is 17.3 Å². The molecule has 0 fully saturated rings. The number of nitrogens with one attached hydrogen (secondary N) is 1. The number of thiophene rings is 1. The van der Waals surface area contributed by atoms with Gasteiger partial charge in [-0.25, -0.2) is 9.18 Å². The van der Waals surface area contributed by atoms with Crippen LogP contribution in [0.1, 0.15) is 34.6 Å². The summed E-state index contributed by atoms with van der Waals surface area (Å²) in [6.45, 7) is 3.61. The number of carbonyl (C=O) groups excluding carboxylic acids is 2. The first kappa shape index (κ1) is 21.1. The second-order valence-corrected chi connectivity index (χ2v) is 8.81. The minimum absolute atomic E-state index is 0.0224. The molecule has 0 saturated heterocycles. The fraction of sp³-hybridized carbons (Fsp3) is 0.250. The molecular formula is C24H22FNO4S. The highest BCUT2D eigenvalue weighted by atomic mass is 32.1. The Bertz CT molecular complexity index is 1150. The minimum atomic E-state index is -0.698. The van der Waals surface area contributed by atoms with Gasteiger partial charge in [-0.15, -0.1) is 11.3 Å². The van der Waals surface area contributed by atoms with Crippen LogP contribution in [0.2, 0.25) is 0 Å². The molecule has 0 unspecified atom stereocenters. The highest BCUT2D eigenvalue weighted by Gasteiger charge is 2.35. The van der Waals surface area contributed by atoms with Crippen molar-refractivity contribution in [1.29, 1.82) is 0 Å². The molecule has 160 valence electrons. The van der Waals surface area contributed by atoms with Crippen LogP contribution in [0.3, 0.4) is 0 Å². The largest absolute Gasteiger partial charge is 0.496 e. The summed E-state index contributed by atoms with van der Waals surface area (Å²) >= 11 is 1.29. The highest BCUT2D eigenvalue weighted by molar-refractivity contribution is 7.11. The Kier molecular flexibility index (Phi) is 5.54. The molecule has 2 heterocycles. The zero-order valence-electron chi connectivity index (χ0n) is 17.5. The third-order valence-corrected chi connectivity index (χ3v) is 6.28. The van der Waals surface area contributed by atoms with Crippen molar-refractivity contribution in [3.05, 3.63) is 69.7 Å². The Morgan fingerprint density at radius 3 is 2.71 bits per heavy atom. The molecule has 0 atom stereocenters. The standard InChI is InChI=1S/C24H22FNO4S/c1-24(2)22(27)12-16-18(13-30-23(28)21-5-4-10-31-21)15(7-8-19(16)26-24)17-11-14(25)6-9-20(17)29-3/h4-11,26H,12-13H2,1-3H3. The zero-order valence-corrected chi connectivity index (χ0v) is 18.3. The summed E-state index contributed by atoms with van der Waals surface area (Å²) in [6.07, 6.45) is 0.187. The molecule has 1 aromatic heterocycles. The lowest BCUT2D eigenvalue weighted by Gasteiger charge is -2.34. The smallest absolute Gasteiger partial charge is 0.348 e. The van der Waals surface area contributed by atoms with E-state index >= 15 is 0 Å². The summed E-state index contributed by atoms with van der Waals surface area (Å²) in [6, 6.07) is 11.4. The minimum Gasteiger partial charge on any atom is -0.496 e. The van der Waals surface area contributed by atoms with Crippen molar-refractivity contribution in [3.8, 4) is 16.9 Å². The van der Waals surface area contributed by atoms with Gasteiger partial charge in [-0.1, -0.05) is 12.1 Å². The second kappa shape index (κ2) is 8.15. The lowest BCUT2D eigenvalue weighted by atomic mass is 9.83. The number of fused-ring (bicyclic) bond motifs is 1. The van der Waals surface area contributed by atoms with E-state index in [1.165, 1.54) is 30.6 Å². The lowest BCUT2D eigenvalue weighted by Crippen LogP contribution is -2.45. The van der Waals surface area contributed by atoms with Crippen molar-refractivity contribution in [2.75, 3.05) is 12.4 Å². The maximum absolute atomic E-state index is 14.1. The molecule has 31 heavy (non-hydrogen) atoms. The molecule has 5 nitrogen and oxygen atoms in total. The fourth-order valence-electron chi connectivity index (χ4n) is 3.71. The number of esters is 1. The Morgan fingerprint density at radius 2 is 2.00 bits per heavy atom. The molecule has 7 heteroatoms. The van der Waals surface area contributed by atoms with Gasteiger partial charge in [0.05, 0.1) is 12.6 Å². The highest BCUT2D eigenvalue weighted by Crippen LogP contribution is 2.40. The molecule has 3 aromatic rings. The number of hydrogen-bond donors (Lipinski definition) is 1. The Labute approximate surface area is 183 Å². The van der Waals surface area contributed by atoms with Gasteiger partial charge >= 0.3 is 5.97 Å². The van der Waals surface area contributed by atoms with Crippen molar-refractivity contribution in [2.45, 2.75) is 32.4 Å². The van der Waals surface area contributed by atoms with Gasteiger partial charge in [0, 0.05) is 23.2 Å². The maximum atomic E-state index is 14.1. The Morgan fingerprint density at radius 1 is 1.19 bits per heavy atom. The van der Waals surface area contributed by atoms with Crippen LogP contribution in [0.25, 0.3) is 11.1 Å². The Hall–Kier alpha value is -3.19. The monoisotopic (exact) mass is 439 g/mol. The summed E-state index contributed by atoms with van der Waals surface area (Å²) in [5.74, 6) is -0.345. The van der Waals surface area contributed by atoms with Crippen LogP contribution >= 0.6 is 11.3 Å². The number of ketones is 1. The number of Topliss-reactive ketones (excluding diaryl/α,β-unsaturated/α-hetero) is 1. The van der Waals surface area contributed by atoms with E-state index in [1.54, 1.807) is 23.6 Å². The van der Waals surface area contributed by atoms with Gasteiger partial charge in [-0.3, -0.25) is 4.79 Å². The van der Waals surface area contributed by atoms with Crippen LogP contribution in [0.5, 0.6) is 5.75 Å². The number of rotatable bonds is 5. The number of benzene rings is 2. The van der Waals surface area contributed by atoms with E-state index in [1.807, 2.05) is 26.0 Å². The van der Waals surface area contributed by atoms with Crippen molar-refractivity contribution < 1.29 is 23.5 Å². The van der Waals surface area contributed by atoms with Gasteiger partial charge in [-0.05, 0) is 60.7 Å². The number of methoxy groups -OCH3 is 1. The van der Waals surface area contributed by atoms with E-state index in [0.29, 0.717) is 27.3 Å². The van der Waals surface area contributed by atoms with Crippen molar-refractivity contribution in [1.82, 2.24) is 0 Å². The fourth-order valence-corrected chi connectivity index (χ4v) is 4.33. The summed E-state index contributed by atoms with van der Waals surface area (Å²) in [5, 5.41) is 5.07. The molecule has 0 radical (unpaired) electrons. The molecule has 0 aliphatic carbocycles. The molecule has 0 bridgehead atoms. The molecular weight excluding hydrogens is 417 g/mol. The van der Waals surface area contributed by atoms with Gasteiger partial charge in [0.15, 0.2) is 5.78 Å². The summed E-state index contributed by atoms with van der Waals surface area (Å²) in [7, 11) is 1.51. The molecule has 0 saturated carbocycles. The van der Waals surface area contributed by atoms with Gasteiger partial charge in [0.2, 0.25) is 0 Å². The predicted molar refractivity (Wildman–Crippen MR) is 118 cm³/mol. The molecule has 4 rings (SSSR count). The third-order valence-electron chi connectivity index (χ3n) is 5.43. The number of anilines is 1.